The molecule has 27 heavy (non-hydrogen) atoms. The average molecular weight is 386 g/mol. The molecule has 138 valence electrons. The summed E-state index contributed by atoms with van der Waals surface area (Å²) in [5.41, 5.74) is 1.04. The Morgan fingerprint density at radius 2 is 2.15 bits per heavy atom. The minimum absolute atomic E-state index is 0.205. The third-order valence-electron chi connectivity index (χ3n) is 4.33. The lowest BCUT2D eigenvalue weighted by molar-refractivity contribution is 0.181. The van der Waals surface area contributed by atoms with Crippen molar-refractivity contribution in [3.05, 3.63) is 57.5 Å². The zero-order valence-corrected chi connectivity index (χ0v) is 15.2. The first-order valence-electron chi connectivity index (χ1n) is 8.37. The van der Waals surface area contributed by atoms with Crippen LogP contribution in [-0.4, -0.2) is 34.2 Å². The van der Waals surface area contributed by atoms with Gasteiger partial charge >= 0.3 is 6.09 Å². The highest BCUT2D eigenvalue weighted by atomic mass is 35.5. The molecule has 0 unspecified atom stereocenters. The maximum Gasteiger partial charge on any atom is 0.415 e. The highest BCUT2D eigenvalue weighted by Crippen LogP contribution is 2.22. The number of cyclic esters (lactones) is 1. The first-order valence-corrected chi connectivity index (χ1v) is 8.75. The zero-order chi connectivity index (χ0) is 19.0. The second-order valence-corrected chi connectivity index (χ2v) is 6.59. The molecule has 2 N–H and O–H groups in total. The molecule has 1 aliphatic heterocycles. The second-order valence-electron chi connectivity index (χ2n) is 6.16. The molecule has 0 bridgehead atoms. The van der Waals surface area contributed by atoms with Gasteiger partial charge in [-0.05, 0) is 37.3 Å². The minimum atomic E-state index is -0.435. The summed E-state index contributed by atoms with van der Waals surface area (Å²) in [6.45, 7) is 2.61. The van der Waals surface area contributed by atoms with E-state index in [1.807, 2.05) is 6.92 Å². The van der Waals surface area contributed by atoms with E-state index in [1.165, 1.54) is 4.90 Å². The lowest BCUT2D eigenvalue weighted by Crippen LogP contribution is -2.25. The molecule has 0 aliphatic carbocycles. The maximum atomic E-state index is 12.4. The van der Waals surface area contributed by atoms with Gasteiger partial charge in [0.25, 0.3) is 5.56 Å². The molecule has 4 rings (SSSR count). The van der Waals surface area contributed by atoms with Crippen LogP contribution in [0.5, 0.6) is 0 Å². The van der Waals surface area contributed by atoms with Gasteiger partial charge in [0.15, 0.2) is 0 Å². The Morgan fingerprint density at radius 3 is 2.93 bits per heavy atom. The molecule has 1 aliphatic rings. The number of halogens is 1. The summed E-state index contributed by atoms with van der Waals surface area (Å²) >= 11 is 6.04. The quantitative estimate of drug-likeness (QED) is 0.715. The summed E-state index contributed by atoms with van der Waals surface area (Å²) in [6.07, 6.45) is 1.11. The molecule has 0 radical (unpaired) electrons. The van der Waals surface area contributed by atoms with E-state index in [0.717, 1.165) is 5.39 Å². The SMILES string of the molecule is C[C@@H](Nc1nccc(N2CCOC2=O)n1)c1cc2cc(Cl)ccc2[nH]c1=O. The highest BCUT2D eigenvalue weighted by molar-refractivity contribution is 6.31. The normalized spacial score (nSPS) is 15.0. The number of pyridine rings is 1. The number of aromatic nitrogens is 3. The monoisotopic (exact) mass is 385 g/mol. The minimum Gasteiger partial charge on any atom is -0.447 e. The second kappa shape index (κ2) is 6.88. The summed E-state index contributed by atoms with van der Waals surface area (Å²) in [5, 5.41) is 4.53. The first kappa shape index (κ1) is 17.3. The van der Waals surface area contributed by atoms with Crippen molar-refractivity contribution in [2.24, 2.45) is 0 Å². The van der Waals surface area contributed by atoms with Crippen LogP contribution >= 0.6 is 11.6 Å². The van der Waals surface area contributed by atoms with Crippen molar-refractivity contribution in [3.8, 4) is 0 Å². The van der Waals surface area contributed by atoms with E-state index in [0.29, 0.717) is 41.0 Å². The Kier molecular flexibility index (Phi) is 4.41. The number of benzene rings is 1. The van der Waals surface area contributed by atoms with E-state index in [9.17, 15) is 9.59 Å². The standard InChI is InChI=1S/C18H16ClN5O3/c1-10(13-9-11-8-12(19)2-3-14(11)22-16(13)25)21-17-20-5-4-15(23-17)24-6-7-27-18(24)26/h2-5,8-10H,6-7H2,1H3,(H,22,25)(H,20,21,23)/t10-/m1/s1. The first-order chi connectivity index (χ1) is 13.0. The third-order valence-corrected chi connectivity index (χ3v) is 4.56. The van der Waals surface area contributed by atoms with Crippen molar-refractivity contribution in [2.75, 3.05) is 23.4 Å². The number of carbonyl (C=O) groups is 1. The van der Waals surface area contributed by atoms with Crippen molar-refractivity contribution in [3.63, 3.8) is 0 Å². The van der Waals surface area contributed by atoms with E-state index in [1.54, 1.807) is 36.5 Å². The van der Waals surface area contributed by atoms with Gasteiger partial charge in [-0.15, -0.1) is 0 Å². The number of fused-ring (bicyclic) bond motifs is 1. The maximum absolute atomic E-state index is 12.4. The van der Waals surface area contributed by atoms with Crippen LogP contribution in [0.3, 0.4) is 0 Å². The van der Waals surface area contributed by atoms with Crippen molar-refractivity contribution in [1.29, 1.82) is 0 Å². The molecule has 1 aromatic carbocycles. The van der Waals surface area contributed by atoms with Crippen molar-refractivity contribution >= 4 is 40.4 Å². The van der Waals surface area contributed by atoms with Crippen LogP contribution < -0.4 is 15.8 Å². The number of carbonyl (C=O) groups excluding carboxylic acids is 1. The number of hydrogen-bond donors (Lipinski definition) is 2. The molecule has 3 heterocycles. The van der Waals surface area contributed by atoms with E-state index in [2.05, 4.69) is 20.3 Å². The predicted octanol–water partition coefficient (Wildman–Crippen LogP) is 3.10. The van der Waals surface area contributed by atoms with Gasteiger partial charge in [-0.1, -0.05) is 11.6 Å². The van der Waals surface area contributed by atoms with Crippen LogP contribution in [-0.2, 0) is 4.74 Å². The van der Waals surface area contributed by atoms with E-state index in [4.69, 9.17) is 16.3 Å². The molecule has 9 heteroatoms. The van der Waals surface area contributed by atoms with Gasteiger partial charge in [0, 0.05) is 27.7 Å². The predicted molar refractivity (Wildman–Crippen MR) is 102 cm³/mol. The van der Waals surface area contributed by atoms with Gasteiger partial charge < -0.3 is 15.0 Å². The van der Waals surface area contributed by atoms with Crippen LogP contribution in [0.15, 0.2) is 41.3 Å². The number of nitrogens with one attached hydrogen (secondary N) is 2. The summed E-state index contributed by atoms with van der Waals surface area (Å²) in [4.78, 5) is 36.9. The fourth-order valence-corrected chi connectivity index (χ4v) is 3.14. The van der Waals surface area contributed by atoms with Gasteiger partial charge in [0.1, 0.15) is 12.4 Å². The lowest BCUT2D eigenvalue weighted by Gasteiger charge is -2.16. The Morgan fingerprint density at radius 1 is 1.30 bits per heavy atom. The number of amides is 1. The molecule has 8 nitrogen and oxygen atoms in total. The fourth-order valence-electron chi connectivity index (χ4n) is 2.96. The number of rotatable bonds is 4. The molecule has 1 saturated heterocycles. The summed E-state index contributed by atoms with van der Waals surface area (Å²) < 4.78 is 4.93. The van der Waals surface area contributed by atoms with Gasteiger partial charge in [0.2, 0.25) is 5.95 Å². The van der Waals surface area contributed by atoms with Crippen molar-refractivity contribution in [2.45, 2.75) is 13.0 Å². The Balaban J connectivity index is 1.61. The summed E-state index contributed by atoms with van der Waals surface area (Å²) in [5.74, 6) is 0.756. The van der Waals surface area contributed by atoms with E-state index in [-0.39, 0.29) is 11.6 Å². The van der Waals surface area contributed by atoms with Crippen molar-refractivity contribution in [1.82, 2.24) is 15.0 Å². The van der Waals surface area contributed by atoms with Gasteiger partial charge in [0.05, 0.1) is 12.6 Å². The molecule has 1 amide bonds. The number of nitrogens with zero attached hydrogens (tertiary/aromatic N) is 3. The number of ether oxygens (including phenoxy) is 1. The van der Waals surface area contributed by atoms with E-state index >= 15 is 0 Å². The zero-order valence-electron chi connectivity index (χ0n) is 14.4. The van der Waals surface area contributed by atoms with Crippen LogP contribution in [0.4, 0.5) is 16.6 Å². The van der Waals surface area contributed by atoms with Gasteiger partial charge in [-0.2, -0.15) is 4.98 Å². The number of hydrogen-bond acceptors (Lipinski definition) is 6. The Labute approximate surface area is 159 Å². The van der Waals surface area contributed by atoms with Crippen LogP contribution in [0.25, 0.3) is 10.9 Å². The Hall–Kier alpha value is -3.13. The van der Waals surface area contributed by atoms with Gasteiger partial charge in [-0.3, -0.25) is 9.69 Å². The number of H-pyrrole nitrogens is 1. The van der Waals surface area contributed by atoms with E-state index < -0.39 is 6.09 Å². The summed E-state index contributed by atoms with van der Waals surface area (Å²) in [7, 11) is 0. The fraction of sp³-hybridized carbons (Fsp3) is 0.222. The lowest BCUT2D eigenvalue weighted by atomic mass is 10.1. The molecule has 0 spiro atoms. The Bertz CT molecular complexity index is 1080. The molecular formula is C18H16ClN5O3. The molecule has 3 aromatic rings. The highest BCUT2D eigenvalue weighted by Gasteiger charge is 2.25. The largest absolute Gasteiger partial charge is 0.447 e. The molecule has 1 fully saturated rings. The third kappa shape index (κ3) is 3.43. The summed E-state index contributed by atoms with van der Waals surface area (Å²) in [6, 6.07) is 8.34. The molecular weight excluding hydrogens is 370 g/mol. The van der Waals surface area contributed by atoms with Crippen LogP contribution in [0, 0.1) is 0 Å². The topological polar surface area (TPSA) is 100 Å². The smallest absolute Gasteiger partial charge is 0.415 e. The van der Waals surface area contributed by atoms with Crippen LogP contribution in [0.2, 0.25) is 5.02 Å². The van der Waals surface area contributed by atoms with Gasteiger partial charge in [-0.25, -0.2) is 9.78 Å². The van der Waals surface area contributed by atoms with Crippen molar-refractivity contribution < 1.29 is 9.53 Å². The molecule has 2 aromatic heterocycles. The number of anilines is 2. The molecule has 1 atom stereocenters. The molecule has 0 saturated carbocycles. The average Bonchev–Trinajstić information content (AvgIpc) is 3.07. The number of aromatic amines is 1. The van der Waals surface area contributed by atoms with Crippen LogP contribution in [0.1, 0.15) is 18.5 Å².